The van der Waals surface area contributed by atoms with Gasteiger partial charge in [0.15, 0.2) is 0 Å². The zero-order valence-electron chi connectivity index (χ0n) is 8.19. The van der Waals surface area contributed by atoms with Crippen LogP contribution in [-0.4, -0.2) is 57.9 Å². The molecule has 5 heteroatoms. The van der Waals surface area contributed by atoms with Crippen LogP contribution in [0.15, 0.2) is 0 Å². The molecule has 0 aromatic heterocycles. The lowest BCUT2D eigenvalue weighted by Crippen LogP contribution is -2.43. The Morgan fingerprint density at radius 1 is 1.00 bits per heavy atom. The van der Waals surface area contributed by atoms with Crippen LogP contribution in [0.25, 0.3) is 0 Å². The fourth-order valence-corrected chi connectivity index (χ4v) is 1.19. The Morgan fingerprint density at radius 2 is 1.43 bits per heavy atom. The third-order valence-corrected chi connectivity index (χ3v) is 2.31. The van der Waals surface area contributed by atoms with Gasteiger partial charge in [-0.3, -0.25) is 0 Å². The summed E-state index contributed by atoms with van der Waals surface area (Å²) in [6, 6.07) is -0.0452. The molecule has 2 saturated heterocycles. The van der Waals surface area contributed by atoms with Crippen LogP contribution >= 0.6 is 0 Å². The van der Waals surface area contributed by atoms with Crippen molar-refractivity contribution in [1.29, 1.82) is 0 Å². The van der Waals surface area contributed by atoms with Gasteiger partial charge >= 0.3 is 0 Å². The number of hydrogen-bond donors (Lipinski definition) is 1. The van der Waals surface area contributed by atoms with Crippen molar-refractivity contribution in [3.8, 4) is 0 Å². The minimum Gasteiger partial charge on any atom is -0.376 e. The van der Waals surface area contributed by atoms with E-state index in [9.17, 15) is 0 Å². The Labute approximate surface area is 83.4 Å². The van der Waals surface area contributed by atoms with Crippen molar-refractivity contribution in [3.05, 3.63) is 0 Å². The van der Waals surface area contributed by atoms with Gasteiger partial charge in [-0.25, -0.2) is 0 Å². The van der Waals surface area contributed by atoms with Crippen molar-refractivity contribution in [3.63, 3.8) is 0 Å². The standard InChI is InChI=1S/C9H17NO4/c10-7(1-13-8-3-11-4-8)2-14-9-5-12-6-9/h7-9H,1-6,10H2. The van der Waals surface area contributed by atoms with Gasteiger partial charge in [0, 0.05) is 0 Å². The van der Waals surface area contributed by atoms with Gasteiger partial charge in [-0.05, 0) is 0 Å². The van der Waals surface area contributed by atoms with E-state index in [1.165, 1.54) is 0 Å². The first-order valence-electron chi connectivity index (χ1n) is 4.99. The summed E-state index contributed by atoms with van der Waals surface area (Å²) in [4.78, 5) is 0. The maximum absolute atomic E-state index is 5.80. The zero-order valence-corrected chi connectivity index (χ0v) is 8.19. The second-order valence-electron chi connectivity index (χ2n) is 3.75. The molecule has 0 radical (unpaired) electrons. The number of rotatable bonds is 6. The molecule has 0 aliphatic carbocycles. The summed E-state index contributed by atoms with van der Waals surface area (Å²) in [5.74, 6) is 0. The third-order valence-electron chi connectivity index (χ3n) is 2.31. The summed E-state index contributed by atoms with van der Waals surface area (Å²) in [7, 11) is 0. The van der Waals surface area contributed by atoms with Gasteiger partial charge in [0.1, 0.15) is 12.2 Å². The van der Waals surface area contributed by atoms with Crippen molar-refractivity contribution in [2.75, 3.05) is 39.6 Å². The van der Waals surface area contributed by atoms with Gasteiger partial charge in [0.2, 0.25) is 0 Å². The van der Waals surface area contributed by atoms with Crippen LogP contribution in [0.5, 0.6) is 0 Å². The summed E-state index contributed by atoms with van der Waals surface area (Å²) >= 11 is 0. The van der Waals surface area contributed by atoms with Gasteiger partial charge in [-0.2, -0.15) is 0 Å². The van der Waals surface area contributed by atoms with Crippen LogP contribution in [0.4, 0.5) is 0 Å². The van der Waals surface area contributed by atoms with E-state index >= 15 is 0 Å². The van der Waals surface area contributed by atoms with E-state index in [1.807, 2.05) is 0 Å². The van der Waals surface area contributed by atoms with E-state index in [-0.39, 0.29) is 18.2 Å². The summed E-state index contributed by atoms with van der Waals surface area (Å²) in [5.41, 5.74) is 5.80. The molecule has 0 aromatic rings. The first kappa shape index (κ1) is 10.3. The van der Waals surface area contributed by atoms with Crippen molar-refractivity contribution < 1.29 is 18.9 Å². The minimum atomic E-state index is -0.0452. The van der Waals surface area contributed by atoms with Gasteiger partial charge in [-0.1, -0.05) is 0 Å². The second-order valence-corrected chi connectivity index (χ2v) is 3.75. The molecule has 0 bridgehead atoms. The number of ether oxygens (including phenoxy) is 4. The Bertz CT molecular complexity index is 152. The largest absolute Gasteiger partial charge is 0.376 e. The molecule has 0 aromatic carbocycles. The van der Waals surface area contributed by atoms with Crippen LogP contribution < -0.4 is 5.73 Å². The Kier molecular flexibility index (Phi) is 3.72. The Morgan fingerprint density at radius 3 is 1.71 bits per heavy atom. The van der Waals surface area contributed by atoms with E-state index in [0.717, 1.165) is 0 Å². The molecule has 0 atom stereocenters. The van der Waals surface area contributed by atoms with Gasteiger partial charge in [0.05, 0.1) is 45.7 Å². The molecular formula is C9H17NO4. The second kappa shape index (κ2) is 5.04. The summed E-state index contributed by atoms with van der Waals surface area (Å²) < 4.78 is 20.9. The molecule has 5 nitrogen and oxygen atoms in total. The normalized spacial score (nSPS) is 23.6. The highest BCUT2D eigenvalue weighted by molar-refractivity contribution is 4.69. The van der Waals surface area contributed by atoms with E-state index in [0.29, 0.717) is 39.6 Å². The molecular weight excluding hydrogens is 186 g/mol. The average molecular weight is 203 g/mol. The Hall–Kier alpha value is -0.200. The molecule has 2 aliphatic rings. The molecule has 2 rings (SSSR count). The van der Waals surface area contributed by atoms with E-state index in [2.05, 4.69) is 0 Å². The highest BCUT2D eigenvalue weighted by Gasteiger charge is 2.22. The van der Waals surface area contributed by atoms with Crippen LogP contribution in [0.3, 0.4) is 0 Å². The quantitative estimate of drug-likeness (QED) is 0.609. The third kappa shape index (κ3) is 2.90. The van der Waals surface area contributed by atoms with Crippen LogP contribution in [0.2, 0.25) is 0 Å². The maximum Gasteiger partial charge on any atom is 0.104 e. The minimum absolute atomic E-state index is 0.0452. The molecule has 2 N–H and O–H groups in total. The maximum atomic E-state index is 5.80. The van der Waals surface area contributed by atoms with Crippen molar-refractivity contribution in [2.45, 2.75) is 18.2 Å². The molecule has 2 fully saturated rings. The highest BCUT2D eigenvalue weighted by atomic mass is 16.6. The van der Waals surface area contributed by atoms with Crippen LogP contribution in [0.1, 0.15) is 0 Å². The van der Waals surface area contributed by atoms with Crippen LogP contribution in [0, 0.1) is 0 Å². The fraction of sp³-hybridized carbons (Fsp3) is 1.00. The lowest BCUT2D eigenvalue weighted by atomic mass is 10.3. The van der Waals surface area contributed by atoms with E-state index < -0.39 is 0 Å². The fourth-order valence-electron chi connectivity index (χ4n) is 1.19. The van der Waals surface area contributed by atoms with Crippen molar-refractivity contribution >= 4 is 0 Å². The number of hydrogen-bond acceptors (Lipinski definition) is 5. The lowest BCUT2D eigenvalue weighted by molar-refractivity contribution is -0.149. The SMILES string of the molecule is NC(COC1COC1)COC1COC1. The summed E-state index contributed by atoms with van der Waals surface area (Å²) in [6.07, 6.45) is 0.487. The monoisotopic (exact) mass is 203 g/mol. The molecule has 14 heavy (non-hydrogen) atoms. The van der Waals surface area contributed by atoms with Crippen LogP contribution in [-0.2, 0) is 18.9 Å². The van der Waals surface area contributed by atoms with E-state index in [1.54, 1.807) is 0 Å². The lowest BCUT2D eigenvalue weighted by Gasteiger charge is -2.29. The molecule has 0 amide bonds. The number of nitrogens with two attached hydrogens (primary N) is 1. The predicted molar refractivity (Wildman–Crippen MR) is 49.1 cm³/mol. The van der Waals surface area contributed by atoms with Crippen molar-refractivity contribution in [2.24, 2.45) is 5.73 Å². The first-order valence-corrected chi connectivity index (χ1v) is 4.99. The first-order chi connectivity index (χ1) is 6.84. The topological polar surface area (TPSA) is 62.9 Å². The molecule has 0 saturated carbocycles. The highest BCUT2D eigenvalue weighted by Crippen LogP contribution is 2.07. The average Bonchev–Trinajstić information content (AvgIpc) is 1.98. The Balaban J connectivity index is 1.47. The van der Waals surface area contributed by atoms with E-state index in [4.69, 9.17) is 24.7 Å². The molecule has 0 unspecified atom stereocenters. The molecule has 2 aliphatic heterocycles. The summed E-state index contributed by atoms with van der Waals surface area (Å²) in [6.45, 7) is 3.88. The smallest absolute Gasteiger partial charge is 0.104 e. The van der Waals surface area contributed by atoms with Gasteiger partial charge < -0.3 is 24.7 Å². The summed E-state index contributed by atoms with van der Waals surface area (Å²) in [5, 5.41) is 0. The van der Waals surface area contributed by atoms with Gasteiger partial charge in [-0.15, -0.1) is 0 Å². The molecule has 82 valence electrons. The zero-order chi connectivity index (χ0) is 9.80. The van der Waals surface area contributed by atoms with Crippen molar-refractivity contribution in [1.82, 2.24) is 0 Å². The predicted octanol–water partition coefficient (Wildman–Crippen LogP) is -0.855. The molecule has 0 spiro atoms. The molecule has 2 heterocycles. The van der Waals surface area contributed by atoms with Gasteiger partial charge in [0.25, 0.3) is 0 Å².